The van der Waals surface area contributed by atoms with E-state index in [0.717, 1.165) is 0 Å². The van der Waals surface area contributed by atoms with Gasteiger partial charge in [0.2, 0.25) is 0 Å². The van der Waals surface area contributed by atoms with Gasteiger partial charge in [0.15, 0.2) is 11.6 Å². The van der Waals surface area contributed by atoms with Gasteiger partial charge in [0.25, 0.3) is 11.8 Å². The van der Waals surface area contributed by atoms with Crippen LogP contribution in [0.15, 0.2) is 83.7 Å². The molecule has 30 heavy (non-hydrogen) atoms. The van der Waals surface area contributed by atoms with Crippen molar-refractivity contribution >= 4 is 23.2 Å². The second kappa shape index (κ2) is 8.27. The highest BCUT2D eigenvalue weighted by atomic mass is 16.3. The fourth-order valence-electron chi connectivity index (χ4n) is 2.70. The van der Waals surface area contributed by atoms with Crippen molar-refractivity contribution in [2.24, 2.45) is 0 Å². The molecule has 0 saturated heterocycles. The first-order valence-electron chi connectivity index (χ1n) is 8.96. The lowest BCUT2D eigenvalue weighted by molar-refractivity contribution is 0.0995. The summed E-state index contributed by atoms with van der Waals surface area (Å²) in [5, 5.41) is 14.9. The Morgan fingerprint density at radius 3 is 2.23 bits per heavy atom. The van der Waals surface area contributed by atoms with E-state index in [9.17, 15) is 14.7 Å². The van der Waals surface area contributed by atoms with Crippen LogP contribution in [0.5, 0.6) is 5.75 Å². The van der Waals surface area contributed by atoms with Crippen molar-refractivity contribution in [2.75, 3.05) is 10.6 Å². The van der Waals surface area contributed by atoms with Crippen molar-refractivity contribution in [1.82, 2.24) is 9.97 Å². The predicted molar refractivity (Wildman–Crippen MR) is 110 cm³/mol. The Hall–Kier alpha value is -4.46. The van der Waals surface area contributed by atoms with E-state index in [1.165, 1.54) is 18.7 Å². The normalized spacial score (nSPS) is 10.4. The van der Waals surface area contributed by atoms with Gasteiger partial charge in [-0.25, -0.2) is 9.97 Å². The van der Waals surface area contributed by atoms with E-state index in [0.29, 0.717) is 28.3 Å². The van der Waals surface area contributed by atoms with Crippen molar-refractivity contribution in [3.05, 3.63) is 90.6 Å². The van der Waals surface area contributed by atoms with Crippen LogP contribution in [0.4, 0.5) is 11.4 Å². The maximum Gasteiger partial charge on any atom is 0.291 e. The molecule has 2 heterocycles. The Labute approximate surface area is 171 Å². The van der Waals surface area contributed by atoms with Gasteiger partial charge in [-0.1, -0.05) is 12.1 Å². The Balaban J connectivity index is 1.39. The fraction of sp³-hybridized carbons (Fsp3) is 0. The van der Waals surface area contributed by atoms with E-state index in [4.69, 9.17) is 4.42 Å². The first-order chi connectivity index (χ1) is 14.6. The summed E-state index contributed by atoms with van der Waals surface area (Å²) >= 11 is 0. The van der Waals surface area contributed by atoms with Crippen molar-refractivity contribution < 1.29 is 19.1 Å². The van der Waals surface area contributed by atoms with Crippen LogP contribution in [-0.4, -0.2) is 26.9 Å². The summed E-state index contributed by atoms with van der Waals surface area (Å²) in [5.74, 6) is 0.0394. The highest BCUT2D eigenvalue weighted by molar-refractivity contribution is 6.05. The first kappa shape index (κ1) is 18.9. The van der Waals surface area contributed by atoms with Gasteiger partial charge in [0.05, 0.1) is 24.3 Å². The molecular weight excluding hydrogens is 384 g/mol. The number of nitrogens with one attached hydrogen (secondary N) is 2. The number of anilines is 2. The molecule has 4 aromatic rings. The summed E-state index contributed by atoms with van der Waals surface area (Å²) in [4.78, 5) is 32.8. The van der Waals surface area contributed by atoms with Gasteiger partial charge >= 0.3 is 0 Å². The van der Waals surface area contributed by atoms with Crippen LogP contribution in [0.3, 0.4) is 0 Å². The van der Waals surface area contributed by atoms with Gasteiger partial charge in [-0.05, 0) is 48.5 Å². The molecule has 2 aromatic heterocycles. The molecule has 0 fully saturated rings. The fourth-order valence-corrected chi connectivity index (χ4v) is 2.70. The van der Waals surface area contributed by atoms with Gasteiger partial charge in [0, 0.05) is 16.8 Å². The SMILES string of the molecule is O=C(Nc1cnc(-c2cccc(O)c2)nc1)c1ccc(NC(=O)c2ccco2)cc1. The zero-order valence-electron chi connectivity index (χ0n) is 15.6. The summed E-state index contributed by atoms with van der Waals surface area (Å²) in [6.45, 7) is 0. The molecule has 0 aliphatic heterocycles. The lowest BCUT2D eigenvalue weighted by Crippen LogP contribution is -2.13. The number of hydrogen-bond acceptors (Lipinski definition) is 6. The van der Waals surface area contributed by atoms with E-state index in [1.807, 2.05) is 0 Å². The van der Waals surface area contributed by atoms with Gasteiger partial charge in [-0.3, -0.25) is 9.59 Å². The molecule has 148 valence electrons. The summed E-state index contributed by atoms with van der Waals surface area (Å²) < 4.78 is 5.04. The number of nitrogens with zero attached hydrogens (tertiary/aromatic N) is 2. The number of aromatic nitrogens is 2. The van der Waals surface area contributed by atoms with Crippen LogP contribution in [-0.2, 0) is 0 Å². The van der Waals surface area contributed by atoms with Crippen LogP contribution in [0, 0.1) is 0 Å². The summed E-state index contributed by atoms with van der Waals surface area (Å²) in [7, 11) is 0. The van der Waals surface area contributed by atoms with Crippen molar-refractivity contribution in [3.8, 4) is 17.1 Å². The van der Waals surface area contributed by atoms with Crippen LogP contribution < -0.4 is 10.6 Å². The molecule has 0 bridgehead atoms. The molecule has 8 heteroatoms. The van der Waals surface area contributed by atoms with E-state index >= 15 is 0 Å². The highest BCUT2D eigenvalue weighted by Gasteiger charge is 2.11. The quantitative estimate of drug-likeness (QED) is 0.467. The number of rotatable bonds is 5. The van der Waals surface area contributed by atoms with Crippen LogP contribution in [0.2, 0.25) is 0 Å². The molecule has 4 rings (SSSR count). The molecule has 0 saturated carbocycles. The highest BCUT2D eigenvalue weighted by Crippen LogP contribution is 2.20. The monoisotopic (exact) mass is 400 g/mol. The number of amides is 2. The second-order valence-corrected chi connectivity index (χ2v) is 6.31. The van der Waals surface area contributed by atoms with Crippen molar-refractivity contribution in [2.45, 2.75) is 0 Å². The van der Waals surface area contributed by atoms with E-state index in [-0.39, 0.29) is 23.3 Å². The van der Waals surface area contributed by atoms with Crippen LogP contribution in [0.1, 0.15) is 20.9 Å². The number of furan rings is 1. The van der Waals surface area contributed by atoms with Gasteiger partial charge in [-0.2, -0.15) is 0 Å². The maximum atomic E-state index is 12.4. The molecule has 2 aromatic carbocycles. The van der Waals surface area contributed by atoms with Gasteiger partial charge in [-0.15, -0.1) is 0 Å². The lowest BCUT2D eigenvalue weighted by atomic mass is 10.2. The smallest absolute Gasteiger partial charge is 0.291 e. The van der Waals surface area contributed by atoms with E-state index in [2.05, 4.69) is 20.6 Å². The summed E-state index contributed by atoms with van der Waals surface area (Å²) in [5.41, 5.74) is 2.04. The van der Waals surface area contributed by atoms with Crippen LogP contribution >= 0.6 is 0 Å². The predicted octanol–water partition coefficient (Wildman–Crippen LogP) is 3.95. The summed E-state index contributed by atoms with van der Waals surface area (Å²) in [6.07, 6.45) is 4.40. The molecule has 8 nitrogen and oxygen atoms in total. The number of phenolic OH excluding ortho intramolecular Hbond substituents is 1. The molecular formula is C22H16N4O4. The van der Waals surface area contributed by atoms with Crippen LogP contribution in [0.25, 0.3) is 11.4 Å². The standard InChI is InChI=1S/C22H16N4O4/c27-18-4-1-3-15(11-18)20-23-12-17(13-24-20)26-21(28)14-6-8-16(9-7-14)25-22(29)19-5-2-10-30-19/h1-13,27H,(H,25,29)(H,26,28). The molecule has 0 aliphatic rings. The topological polar surface area (TPSA) is 117 Å². The third-order valence-electron chi connectivity index (χ3n) is 4.16. The van der Waals surface area contributed by atoms with E-state index in [1.54, 1.807) is 60.7 Å². The van der Waals surface area contributed by atoms with Crippen molar-refractivity contribution in [3.63, 3.8) is 0 Å². The lowest BCUT2D eigenvalue weighted by Gasteiger charge is -2.07. The average Bonchev–Trinajstić information content (AvgIpc) is 3.30. The Kier molecular flexibility index (Phi) is 5.21. The maximum absolute atomic E-state index is 12.4. The Bertz CT molecular complexity index is 1170. The molecule has 0 aliphatic carbocycles. The molecule has 0 radical (unpaired) electrons. The number of benzene rings is 2. The molecule has 0 unspecified atom stereocenters. The minimum atomic E-state index is -0.374. The third-order valence-corrected chi connectivity index (χ3v) is 4.16. The number of carbonyl (C=O) groups excluding carboxylic acids is 2. The Morgan fingerprint density at radius 1 is 0.833 bits per heavy atom. The zero-order valence-corrected chi connectivity index (χ0v) is 15.6. The number of phenols is 1. The Morgan fingerprint density at radius 2 is 1.57 bits per heavy atom. The minimum absolute atomic E-state index is 0.122. The van der Waals surface area contributed by atoms with Gasteiger partial charge in [0.1, 0.15) is 5.75 Å². The average molecular weight is 400 g/mol. The molecule has 3 N–H and O–H groups in total. The second-order valence-electron chi connectivity index (χ2n) is 6.31. The van der Waals surface area contributed by atoms with E-state index < -0.39 is 0 Å². The number of hydrogen-bond donors (Lipinski definition) is 3. The molecule has 0 atom stereocenters. The summed E-state index contributed by atoms with van der Waals surface area (Å²) in [6, 6.07) is 16.2. The zero-order chi connectivity index (χ0) is 20.9. The number of aromatic hydroxyl groups is 1. The largest absolute Gasteiger partial charge is 0.508 e. The molecule has 0 spiro atoms. The third kappa shape index (κ3) is 4.33. The number of carbonyl (C=O) groups is 2. The molecule has 2 amide bonds. The first-order valence-corrected chi connectivity index (χ1v) is 8.96. The van der Waals surface area contributed by atoms with Gasteiger partial charge < -0.3 is 20.2 Å². The van der Waals surface area contributed by atoms with Crippen molar-refractivity contribution in [1.29, 1.82) is 0 Å². The minimum Gasteiger partial charge on any atom is -0.508 e.